The number of nitrogens with zero attached hydrogens (tertiary/aromatic N) is 1. The fourth-order valence-electron chi connectivity index (χ4n) is 5.91. The molecule has 9 heteroatoms. The van der Waals surface area contributed by atoms with Crippen molar-refractivity contribution < 1.29 is 52.1 Å². The van der Waals surface area contributed by atoms with Gasteiger partial charge in [0.15, 0.2) is 0 Å². The Morgan fingerprint density at radius 3 is 2.22 bits per heavy atom. The summed E-state index contributed by atoms with van der Waals surface area (Å²) in [4.78, 5) is 14.2. The Morgan fingerprint density at radius 1 is 1.02 bits per heavy atom. The van der Waals surface area contributed by atoms with Crippen molar-refractivity contribution in [2.24, 2.45) is 11.7 Å². The number of aromatic hydroxyl groups is 1. The second-order valence-electron chi connectivity index (χ2n) is 11.8. The fourth-order valence-corrected chi connectivity index (χ4v) is 6.12. The molecule has 0 bridgehead atoms. The maximum Gasteiger partial charge on any atom is 0.225 e. The largest absolute Gasteiger partial charge is 0.693 e. The summed E-state index contributed by atoms with van der Waals surface area (Å²) in [5.41, 5.74) is 8.60. The standard InChI is InChI=1S/C20H16ClFNO.C12H21NO.C5H12O.H2N.Y/c21-18-10-9-14(17(12-23)13-5-2-1-3-6-13)11-16(18)15-7-4-8-19(24)20(15)22;14-12(11-7-3-1-4-8-11)13-9-5-2-6-10-13;1-3-4-5(2)6;;/h1-6,8-11,17,24H,12,23H2;11H,1-10H2;5-6H,3-4H2,1-2H3;1H2;/q-1;;;-1;/t;;5-;;/m..1../s1. The average Bonchev–Trinajstić information content (AvgIpc) is 3.05. The third-order valence-corrected chi connectivity index (χ3v) is 8.67. The van der Waals surface area contributed by atoms with Crippen LogP contribution in [0.3, 0.4) is 0 Å². The third-order valence-electron chi connectivity index (χ3n) is 8.34. The van der Waals surface area contributed by atoms with Crippen LogP contribution >= 0.6 is 11.6 Å². The summed E-state index contributed by atoms with van der Waals surface area (Å²) in [5, 5.41) is 18.5. The normalized spacial score (nSPS) is 15.8. The second kappa shape index (κ2) is 22.7. The van der Waals surface area contributed by atoms with Crippen LogP contribution in [0.1, 0.15) is 95.1 Å². The predicted octanol–water partition coefficient (Wildman–Crippen LogP) is 9.20. The van der Waals surface area contributed by atoms with E-state index in [1.54, 1.807) is 12.1 Å². The van der Waals surface area contributed by atoms with Crippen molar-refractivity contribution in [3.63, 3.8) is 0 Å². The van der Waals surface area contributed by atoms with Gasteiger partial charge in [0.1, 0.15) is 0 Å². The number of hydrogen-bond acceptors (Lipinski definition) is 4. The molecule has 1 unspecified atom stereocenters. The number of carbonyl (C=O) groups excluding carboxylic acids is 1. The summed E-state index contributed by atoms with van der Waals surface area (Å²) in [6.45, 7) is 6.33. The first-order valence-corrected chi connectivity index (χ1v) is 16.5. The average molecular weight is 729 g/mol. The number of aliphatic hydroxyl groups is 1. The molecule has 5 rings (SSSR count). The number of amides is 1. The van der Waals surface area contributed by atoms with E-state index in [9.17, 15) is 14.3 Å². The van der Waals surface area contributed by atoms with Crippen molar-refractivity contribution in [3.05, 3.63) is 94.8 Å². The van der Waals surface area contributed by atoms with Gasteiger partial charge in [-0.2, -0.15) is 0 Å². The first-order valence-electron chi connectivity index (χ1n) is 16.2. The van der Waals surface area contributed by atoms with Gasteiger partial charge in [-0.05, 0) is 56.6 Å². The van der Waals surface area contributed by atoms with Gasteiger partial charge in [-0.15, -0.1) is 17.7 Å². The Labute approximate surface area is 305 Å². The van der Waals surface area contributed by atoms with Crippen LogP contribution < -0.4 is 5.73 Å². The Morgan fingerprint density at radius 2 is 1.65 bits per heavy atom. The number of piperidine rings is 1. The van der Waals surface area contributed by atoms with Crippen molar-refractivity contribution in [2.45, 2.75) is 90.1 Å². The van der Waals surface area contributed by atoms with Crippen molar-refractivity contribution >= 4 is 17.5 Å². The van der Waals surface area contributed by atoms with Crippen molar-refractivity contribution in [3.8, 4) is 16.9 Å². The van der Waals surface area contributed by atoms with Gasteiger partial charge in [-0.1, -0.05) is 104 Å². The second-order valence-corrected chi connectivity index (χ2v) is 12.3. The van der Waals surface area contributed by atoms with Gasteiger partial charge in [-0.3, -0.25) is 9.18 Å². The first kappa shape index (κ1) is 42.2. The number of carbonyl (C=O) groups is 1. The van der Waals surface area contributed by atoms with Crippen LogP contribution in [0.2, 0.25) is 5.02 Å². The van der Waals surface area contributed by atoms with Crippen LogP contribution in [-0.2, 0) is 37.5 Å². The Balaban J connectivity index is 0.000000408. The SMILES string of the molecule is CCC[C@@H](C)O.NCC(c1ccccc1)c1ccc(Cl)c(-c2[c-]ccc(O)c2F)c1.O=C(C1CCCCC1)N1CCCCC1.[NH2-].[Y]. The van der Waals surface area contributed by atoms with Crippen LogP contribution in [0.25, 0.3) is 17.3 Å². The number of phenols is 1. The van der Waals surface area contributed by atoms with E-state index in [1.165, 1.54) is 50.7 Å². The number of halogens is 2. The third kappa shape index (κ3) is 13.0. The number of hydrogen-bond donors (Lipinski definition) is 3. The summed E-state index contributed by atoms with van der Waals surface area (Å²) >= 11 is 6.25. The molecule has 2 fully saturated rings. The molecule has 3 aromatic carbocycles. The van der Waals surface area contributed by atoms with E-state index in [0.717, 1.165) is 49.9 Å². The maximum atomic E-state index is 14.2. The zero-order valence-corrected chi connectivity index (χ0v) is 31.0. The molecule has 2 atom stereocenters. The summed E-state index contributed by atoms with van der Waals surface area (Å²) < 4.78 is 14.2. The molecule has 1 radical (unpaired) electrons. The predicted molar refractivity (Wildman–Crippen MR) is 184 cm³/mol. The quantitative estimate of drug-likeness (QED) is 0.210. The van der Waals surface area contributed by atoms with E-state index in [0.29, 0.717) is 29.0 Å². The topological polar surface area (TPSA) is 120 Å². The number of likely N-dealkylation sites (tertiary alicyclic amines) is 1. The molecule has 1 saturated heterocycles. The number of benzene rings is 3. The molecule has 1 saturated carbocycles. The van der Waals surface area contributed by atoms with Crippen LogP contribution in [0.15, 0.2) is 60.7 Å². The van der Waals surface area contributed by atoms with Crippen LogP contribution in [0, 0.1) is 17.8 Å². The summed E-state index contributed by atoms with van der Waals surface area (Å²) in [6, 6.07) is 20.8. The number of nitrogens with two attached hydrogens (primary N) is 2. The first-order chi connectivity index (χ1) is 21.3. The molecule has 6 nitrogen and oxygen atoms in total. The van der Waals surface area contributed by atoms with E-state index in [2.05, 4.69) is 17.9 Å². The monoisotopic (exact) mass is 728 g/mol. The minimum absolute atomic E-state index is 0. The number of aliphatic hydroxyl groups excluding tert-OH is 1. The van der Waals surface area contributed by atoms with Crippen LogP contribution in [0.4, 0.5) is 4.39 Å². The minimum Gasteiger partial charge on any atom is -0.693 e. The molecule has 1 heterocycles. The van der Waals surface area contributed by atoms with E-state index < -0.39 is 11.6 Å². The van der Waals surface area contributed by atoms with Crippen molar-refractivity contribution in [1.82, 2.24) is 4.90 Å². The molecule has 0 spiro atoms. The molecule has 0 aromatic heterocycles. The van der Waals surface area contributed by atoms with Crippen molar-refractivity contribution in [1.29, 1.82) is 0 Å². The molecule has 1 aliphatic carbocycles. The van der Waals surface area contributed by atoms with Gasteiger partial charge in [0.2, 0.25) is 5.91 Å². The maximum absolute atomic E-state index is 14.2. The van der Waals surface area contributed by atoms with Crippen molar-refractivity contribution in [2.75, 3.05) is 19.6 Å². The summed E-state index contributed by atoms with van der Waals surface area (Å²) in [6.07, 6.45) is 11.8. The zero-order chi connectivity index (χ0) is 31.9. The van der Waals surface area contributed by atoms with Crippen LogP contribution in [-0.4, -0.2) is 46.8 Å². The zero-order valence-electron chi connectivity index (χ0n) is 27.4. The number of phenolic OH excluding ortho intramolecular Hbond substituents is 1. The molecule has 6 N–H and O–H groups in total. The molecule has 2 aliphatic rings. The minimum atomic E-state index is -0.736. The molecule has 1 amide bonds. The summed E-state index contributed by atoms with van der Waals surface area (Å²) in [7, 11) is 0. The van der Waals surface area contributed by atoms with Gasteiger partial charge < -0.3 is 27.0 Å². The van der Waals surface area contributed by atoms with E-state index in [-0.39, 0.29) is 56.4 Å². The van der Waals surface area contributed by atoms with Crippen LogP contribution in [0.5, 0.6) is 5.75 Å². The Kier molecular flexibility index (Phi) is 20.8. The van der Waals surface area contributed by atoms with Gasteiger partial charge in [0.05, 0.1) is 17.7 Å². The van der Waals surface area contributed by atoms with Gasteiger partial charge in [0.25, 0.3) is 0 Å². The molecule has 251 valence electrons. The van der Waals surface area contributed by atoms with E-state index >= 15 is 0 Å². The molecular weight excluding hydrogens is 678 g/mol. The van der Waals surface area contributed by atoms with E-state index in [1.807, 2.05) is 43.3 Å². The molecule has 3 aromatic rings. The van der Waals surface area contributed by atoms with Gasteiger partial charge in [-0.25, -0.2) is 0 Å². The Bertz CT molecular complexity index is 1270. The molecule has 1 aliphatic heterocycles. The summed E-state index contributed by atoms with van der Waals surface area (Å²) in [5.74, 6) is -0.349. The fraction of sp³-hybridized carbons (Fsp3) is 0.486. The van der Waals surface area contributed by atoms with Gasteiger partial charge >= 0.3 is 0 Å². The van der Waals surface area contributed by atoms with Gasteiger partial charge in [0, 0.05) is 69.2 Å². The Hall–Kier alpha value is -1.87. The number of rotatable bonds is 7. The molecule has 46 heavy (non-hydrogen) atoms. The van der Waals surface area contributed by atoms with E-state index in [4.69, 9.17) is 22.4 Å². The smallest absolute Gasteiger partial charge is 0.225 e. The molecular formula is C37H51ClFN3O3Y-2.